The summed E-state index contributed by atoms with van der Waals surface area (Å²) in [5, 5.41) is 1.16. The summed E-state index contributed by atoms with van der Waals surface area (Å²) < 4.78 is 0. The first-order chi connectivity index (χ1) is 8.67. The van der Waals surface area contributed by atoms with Crippen molar-refractivity contribution in [3.05, 3.63) is 0 Å². The highest BCUT2D eigenvalue weighted by molar-refractivity contribution is 9.09. The summed E-state index contributed by atoms with van der Waals surface area (Å²) in [6.45, 7) is 8.73. The SMILES string of the molecule is CCC(CC)(CBr)CN1CCC2(CCCC2)CC1. The normalized spacial score (nSPS) is 24.8. The van der Waals surface area contributed by atoms with E-state index in [1.807, 2.05) is 0 Å². The van der Waals surface area contributed by atoms with Crippen LogP contribution in [0.15, 0.2) is 0 Å². The number of likely N-dealkylation sites (tertiary alicyclic amines) is 1. The predicted octanol–water partition coefficient (Wildman–Crippen LogP) is 4.84. The highest BCUT2D eigenvalue weighted by Crippen LogP contribution is 2.46. The molecule has 0 radical (unpaired) electrons. The summed E-state index contributed by atoms with van der Waals surface area (Å²) in [4.78, 5) is 2.75. The van der Waals surface area contributed by atoms with Gasteiger partial charge in [0.15, 0.2) is 0 Å². The fourth-order valence-electron chi connectivity index (χ4n) is 3.99. The Balaban J connectivity index is 1.85. The van der Waals surface area contributed by atoms with Gasteiger partial charge in [0.25, 0.3) is 0 Å². The second-order valence-corrected chi connectivity index (χ2v) is 7.38. The molecule has 0 amide bonds. The van der Waals surface area contributed by atoms with Gasteiger partial charge in [0, 0.05) is 11.9 Å². The van der Waals surface area contributed by atoms with Gasteiger partial charge < -0.3 is 4.90 Å². The number of halogens is 1. The molecule has 1 spiro atoms. The summed E-state index contributed by atoms with van der Waals surface area (Å²) in [5.74, 6) is 0. The van der Waals surface area contributed by atoms with Crippen LogP contribution in [0, 0.1) is 10.8 Å². The lowest BCUT2D eigenvalue weighted by Crippen LogP contribution is -2.45. The third-order valence-electron chi connectivity index (χ3n) is 5.92. The highest BCUT2D eigenvalue weighted by atomic mass is 79.9. The molecule has 0 atom stereocenters. The highest BCUT2D eigenvalue weighted by Gasteiger charge is 2.38. The van der Waals surface area contributed by atoms with Crippen molar-refractivity contribution < 1.29 is 0 Å². The van der Waals surface area contributed by atoms with Crippen LogP contribution in [0.25, 0.3) is 0 Å². The van der Waals surface area contributed by atoms with Crippen LogP contribution < -0.4 is 0 Å². The quantitative estimate of drug-likeness (QED) is 0.656. The standard InChI is InChI=1S/C16H30BrN/c1-3-15(4-2,13-17)14-18-11-9-16(10-12-18)7-5-6-8-16/h3-14H2,1-2H3. The van der Waals surface area contributed by atoms with Crippen LogP contribution in [0.4, 0.5) is 0 Å². The second-order valence-electron chi connectivity index (χ2n) is 6.82. The average molecular weight is 316 g/mol. The van der Waals surface area contributed by atoms with Gasteiger partial charge in [0.1, 0.15) is 0 Å². The summed E-state index contributed by atoms with van der Waals surface area (Å²) in [5.41, 5.74) is 1.28. The van der Waals surface area contributed by atoms with Crippen LogP contribution in [0.1, 0.15) is 65.2 Å². The van der Waals surface area contributed by atoms with E-state index in [1.54, 1.807) is 0 Å². The molecule has 0 N–H and O–H groups in total. The van der Waals surface area contributed by atoms with Crippen LogP contribution in [-0.2, 0) is 0 Å². The Morgan fingerprint density at radius 2 is 1.56 bits per heavy atom. The Morgan fingerprint density at radius 3 is 2.00 bits per heavy atom. The summed E-state index contributed by atoms with van der Waals surface area (Å²) in [6, 6.07) is 0. The molecule has 1 nitrogen and oxygen atoms in total. The smallest absolute Gasteiger partial charge is 0.01000 e. The first kappa shape index (κ1) is 14.8. The number of alkyl halides is 1. The van der Waals surface area contributed by atoms with Gasteiger partial charge in [-0.25, -0.2) is 0 Å². The molecule has 18 heavy (non-hydrogen) atoms. The van der Waals surface area contributed by atoms with Crippen molar-refractivity contribution in [2.75, 3.05) is 25.0 Å². The van der Waals surface area contributed by atoms with Crippen LogP contribution >= 0.6 is 15.9 Å². The summed E-state index contributed by atoms with van der Waals surface area (Å²) in [7, 11) is 0. The first-order valence-corrected chi connectivity index (χ1v) is 9.08. The summed E-state index contributed by atoms with van der Waals surface area (Å²) in [6.07, 6.45) is 11.6. The fraction of sp³-hybridized carbons (Fsp3) is 1.00. The molecule has 1 saturated carbocycles. The Bertz CT molecular complexity index is 236. The molecule has 1 aliphatic heterocycles. The van der Waals surface area contributed by atoms with Gasteiger partial charge in [-0.05, 0) is 62.4 Å². The molecule has 0 aromatic heterocycles. The topological polar surface area (TPSA) is 3.24 Å². The first-order valence-electron chi connectivity index (χ1n) is 7.96. The zero-order valence-corrected chi connectivity index (χ0v) is 13.9. The van der Waals surface area contributed by atoms with Crippen LogP contribution in [-0.4, -0.2) is 29.9 Å². The fourth-order valence-corrected chi connectivity index (χ4v) is 4.96. The molecular formula is C16H30BrN. The van der Waals surface area contributed by atoms with E-state index in [9.17, 15) is 0 Å². The number of nitrogens with zero attached hydrogens (tertiary/aromatic N) is 1. The molecule has 1 aliphatic carbocycles. The Labute approximate surface area is 122 Å². The average Bonchev–Trinajstić information content (AvgIpc) is 2.87. The maximum Gasteiger partial charge on any atom is 0.01000 e. The molecule has 0 aromatic rings. The van der Waals surface area contributed by atoms with E-state index in [-0.39, 0.29) is 0 Å². The zero-order valence-electron chi connectivity index (χ0n) is 12.3. The maximum atomic E-state index is 3.75. The van der Waals surface area contributed by atoms with Crippen molar-refractivity contribution >= 4 is 15.9 Å². The minimum atomic E-state index is 0.514. The number of rotatable bonds is 5. The lowest BCUT2D eigenvalue weighted by Gasteiger charge is -2.43. The van der Waals surface area contributed by atoms with Crippen molar-refractivity contribution in [2.45, 2.75) is 65.2 Å². The van der Waals surface area contributed by atoms with Gasteiger partial charge in [-0.15, -0.1) is 0 Å². The zero-order chi connectivity index (χ0) is 13.1. The van der Waals surface area contributed by atoms with Crippen LogP contribution in [0.2, 0.25) is 0 Å². The third-order valence-corrected chi connectivity index (χ3v) is 7.11. The minimum Gasteiger partial charge on any atom is -0.303 e. The Morgan fingerprint density at radius 1 is 1.00 bits per heavy atom. The monoisotopic (exact) mass is 315 g/mol. The molecule has 0 bridgehead atoms. The largest absolute Gasteiger partial charge is 0.303 e. The molecule has 0 unspecified atom stereocenters. The van der Waals surface area contributed by atoms with Crippen molar-refractivity contribution in [1.82, 2.24) is 4.90 Å². The molecule has 2 aliphatic rings. The van der Waals surface area contributed by atoms with E-state index in [0.717, 1.165) is 10.7 Å². The number of piperidine rings is 1. The summed E-state index contributed by atoms with van der Waals surface area (Å²) >= 11 is 3.75. The maximum absolute atomic E-state index is 3.75. The second kappa shape index (κ2) is 6.26. The molecule has 0 aromatic carbocycles. The van der Waals surface area contributed by atoms with Crippen LogP contribution in [0.3, 0.4) is 0 Å². The van der Waals surface area contributed by atoms with Gasteiger partial charge in [-0.1, -0.05) is 42.6 Å². The third kappa shape index (κ3) is 3.12. The predicted molar refractivity (Wildman–Crippen MR) is 83.4 cm³/mol. The molecule has 1 saturated heterocycles. The van der Waals surface area contributed by atoms with E-state index >= 15 is 0 Å². The van der Waals surface area contributed by atoms with E-state index in [1.165, 1.54) is 71.0 Å². The lowest BCUT2D eigenvalue weighted by atomic mass is 9.76. The molecule has 106 valence electrons. The van der Waals surface area contributed by atoms with Gasteiger partial charge in [-0.2, -0.15) is 0 Å². The van der Waals surface area contributed by atoms with Crippen LogP contribution in [0.5, 0.6) is 0 Å². The van der Waals surface area contributed by atoms with E-state index in [0.29, 0.717) is 5.41 Å². The molecule has 2 heteroatoms. The molecule has 1 heterocycles. The van der Waals surface area contributed by atoms with Gasteiger partial charge in [0.05, 0.1) is 0 Å². The number of hydrogen-bond donors (Lipinski definition) is 0. The van der Waals surface area contributed by atoms with Gasteiger partial charge >= 0.3 is 0 Å². The van der Waals surface area contributed by atoms with E-state index in [4.69, 9.17) is 0 Å². The van der Waals surface area contributed by atoms with Gasteiger partial charge in [-0.3, -0.25) is 0 Å². The van der Waals surface area contributed by atoms with Crippen molar-refractivity contribution in [1.29, 1.82) is 0 Å². The van der Waals surface area contributed by atoms with E-state index in [2.05, 4.69) is 34.7 Å². The Kier molecular flexibility index (Phi) is 5.16. The molecule has 2 rings (SSSR count). The molecular weight excluding hydrogens is 286 g/mol. The van der Waals surface area contributed by atoms with Gasteiger partial charge in [0.2, 0.25) is 0 Å². The number of hydrogen-bond acceptors (Lipinski definition) is 1. The van der Waals surface area contributed by atoms with Crippen molar-refractivity contribution in [3.63, 3.8) is 0 Å². The molecule has 2 fully saturated rings. The van der Waals surface area contributed by atoms with Crippen molar-refractivity contribution in [3.8, 4) is 0 Å². The van der Waals surface area contributed by atoms with E-state index < -0.39 is 0 Å². The Hall–Kier alpha value is 0.440. The lowest BCUT2D eigenvalue weighted by molar-refractivity contribution is 0.0721. The van der Waals surface area contributed by atoms with Crippen molar-refractivity contribution in [2.24, 2.45) is 10.8 Å². The minimum absolute atomic E-state index is 0.514.